The summed E-state index contributed by atoms with van der Waals surface area (Å²) < 4.78 is 5.22. The van der Waals surface area contributed by atoms with Crippen LogP contribution in [0.4, 0.5) is 0 Å². The number of esters is 1. The van der Waals surface area contributed by atoms with E-state index in [-0.39, 0.29) is 33.7 Å². The summed E-state index contributed by atoms with van der Waals surface area (Å²) in [5.74, 6) is -3.11. The summed E-state index contributed by atoms with van der Waals surface area (Å²) in [5, 5.41) is 30.6. The van der Waals surface area contributed by atoms with Crippen LogP contribution in [0.3, 0.4) is 0 Å². The summed E-state index contributed by atoms with van der Waals surface area (Å²) >= 11 is 0. The van der Waals surface area contributed by atoms with Crippen molar-refractivity contribution in [3.05, 3.63) is 34.4 Å². The molecule has 37 heavy (non-hydrogen) atoms. The third-order valence-electron chi connectivity index (χ3n) is 11.6. The van der Waals surface area contributed by atoms with Gasteiger partial charge in [-0.05, 0) is 97.3 Å². The second-order valence-electron chi connectivity index (χ2n) is 13.3. The number of aromatic hydroxyl groups is 2. The fraction of sp³-hybridized carbons (Fsp3) is 0.633. The van der Waals surface area contributed by atoms with Crippen LogP contribution in [0, 0.1) is 27.6 Å². The van der Waals surface area contributed by atoms with Crippen LogP contribution in [0.5, 0.6) is 11.5 Å². The number of ether oxygens (including phenoxy) is 1. The van der Waals surface area contributed by atoms with Crippen LogP contribution in [-0.2, 0) is 14.9 Å². The van der Waals surface area contributed by atoms with Crippen LogP contribution in [0.2, 0.25) is 0 Å². The highest BCUT2D eigenvalue weighted by Gasteiger charge is 2.67. The molecule has 0 bridgehead atoms. The lowest BCUT2D eigenvalue weighted by Gasteiger charge is -2.69. The number of carbonyl (C=O) groups is 3. The smallest absolute Gasteiger partial charge is 0.340 e. The number of carbonyl (C=O) groups excluding carboxylic acids is 2. The van der Waals surface area contributed by atoms with Gasteiger partial charge in [0.25, 0.3) is 0 Å². The maximum atomic E-state index is 13.6. The Kier molecular flexibility index (Phi) is 5.31. The lowest BCUT2D eigenvalue weighted by Crippen LogP contribution is -2.62. The number of benzene rings is 1. The Morgan fingerprint density at radius 2 is 1.62 bits per heavy atom. The largest absolute Gasteiger partial charge is 0.504 e. The first-order chi connectivity index (χ1) is 17.1. The molecular formula is C30H38O7. The van der Waals surface area contributed by atoms with E-state index in [2.05, 4.69) is 20.8 Å². The van der Waals surface area contributed by atoms with E-state index in [1.54, 1.807) is 6.08 Å². The highest BCUT2D eigenvalue weighted by molar-refractivity contribution is 6.15. The number of fused-ring (bicyclic) bond motifs is 7. The zero-order valence-electron chi connectivity index (χ0n) is 22.7. The molecule has 0 aromatic heterocycles. The van der Waals surface area contributed by atoms with Gasteiger partial charge in [0.05, 0.1) is 12.5 Å². The lowest BCUT2D eigenvalue weighted by atomic mass is 9.34. The van der Waals surface area contributed by atoms with Gasteiger partial charge in [-0.15, -0.1) is 0 Å². The molecule has 0 spiro atoms. The molecule has 0 amide bonds. The Labute approximate surface area is 217 Å². The summed E-state index contributed by atoms with van der Waals surface area (Å²) in [4.78, 5) is 38.5. The fourth-order valence-corrected chi connectivity index (χ4v) is 8.97. The first-order valence-corrected chi connectivity index (χ1v) is 13.3. The van der Waals surface area contributed by atoms with Crippen LogP contribution in [0.15, 0.2) is 17.7 Å². The maximum absolute atomic E-state index is 13.6. The minimum atomic E-state index is -1.44. The summed E-state index contributed by atoms with van der Waals surface area (Å²) in [6, 6.07) is 1.38. The third-order valence-corrected chi connectivity index (χ3v) is 11.6. The van der Waals surface area contributed by atoms with Crippen LogP contribution >= 0.6 is 0 Å². The Balaban J connectivity index is 1.67. The molecule has 0 heterocycles. The molecule has 7 nitrogen and oxygen atoms in total. The average molecular weight is 511 g/mol. The summed E-state index contributed by atoms with van der Waals surface area (Å²) in [6.07, 6.45) is 7.43. The summed E-state index contributed by atoms with van der Waals surface area (Å²) in [7, 11) is 1.45. The molecule has 3 saturated carbocycles. The van der Waals surface area contributed by atoms with E-state index in [0.29, 0.717) is 12.0 Å². The molecule has 4 aliphatic carbocycles. The number of aromatic carboxylic acids is 1. The number of ketones is 1. The molecule has 0 radical (unpaired) electrons. The van der Waals surface area contributed by atoms with E-state index in [1.807, 2.05) is 13.8 Å². The quantitative estimate of drug-likeness (QED) is 0.341. The van der Waals surface area contributed by atoms with Gasteiger partial charge in [-0.2, -0.15) is 0 Å². The van der Waals surface area contributed by atoms with Crippen molar-refractivity contribution in [2.45, 2.75) is 85.0 Å². The van der Waals surface area contributed by atoms with Crippen molar-refractivity contribution in [2.24, 2.45) is 27.6 Å². The van der Waals surface area contributed by atoms with Crippen molar-refractivity contribution < 1.29 is 34.4 Å². The predicted octanol–water partition coefficient (Wildman–Crippen LogP) is 5.76. The second-order valence-corrected chi connectivity index (χ2v) is 13.3. The minimum absolute atomic E-state index is 0.0298. The summed E-state index contributed by atoms with van der Waals surface area (Å²) in [6.45, 7) is 10.9. The molecule has 4 aliphatic rings. The standard InChI is InChI=1S/C30H38O7/c1-26-7-8-27(2,25(36)37-6)15-20(26)30(5)12-10-28(3)16-13-18(32)23(33)22(24(34)35)21(16)17(31)14-19(28)29(30,4)11-9-26/h13-14,20,32-33H,7-12,15H2,1-6H3,(H,34,35)/t20-,26-,27-,28+,29-,30+/m1/s1. The third kappa shape index (κ3) is 3.09. The average Bonchev–Trinajstić information content (AvgIpc) is 2.84. The van der Waals surface area contributed by atoms with Crippen LogP contribution < -0.4 is 0 Å². The van der Waals surface area contributed by atoms with Crippen molar-refractivity contribution in [2.75, 3.05) is 7.11 Å². The summed E-state index contributed by atoms with van der Waals surface area (Å²) in [5.41, 5.74) is -0.832. The van der Waals surface area contributed by atoms with E-state index in [9.17, 15) is 29.7 Å². The number of methoxy groups -OCH3 is 1. The van der Waals surface area contributed by atoms with Gasteiger partial charge in [0.15, 0.2) is 17.3 Å². The number of carboxylic acids is 1. The number of phenolic OH excluding ortho intramolecular Hbond substituents is 1. The molecule has 6 atom stereocenters. The van der Waals surface area contributed by atoms with Crippen LogP contribution in [-0.4, -0.2) is 40.2 Å². The van der Waals surface area contributed by atoms with Crippen molar-refractivity contribution in [1.29, 1.82) is 0 Å². The molecule has 3 fully saturated rings. The molecule has 3 N–H and O–H groups in total. The molecule has 200 valence electrons. The number of phenols is 2. The minimum Gasteiger partial charge on any atom is -0.504 e. The maximum Gasteiger partial charge on any atom is 0.340 e. The zero-order chi connectivity index (χ0) is 27.3. The van der Waals surface area contributed by atoms with Gasteiger partial charge in [0.1, 0.15) is 5.56 Å². The number of carboxylic acid groups (broad SMARTS) is 1. The van der Waals surface area contributed by atoms with Gasteiger partial charge in [-0.3, -0.25) is 9.59 Å². The van der Waals surface area contributed by atoms with Crippen molar-refractivity contribution in [3.8, 4) is 11.5 Å². The highest BCUT2D eigenvalue weighted by Crippen LogP contribution is 2.74. The zero-order valence-corrected chi connectivity index (χ0v) is 22.7. The second kappa shape index (κ2) is 7.61. The van der Waals surface area contributed by atoms with E-state index >= 15 is 0 Å². The highest BCUT2D eigenvalue weighted by atomic mass is 16.5. The molecule has 0 saturated heterocycles. The Bertz CT molecular complexity index is 1280. The monoisotopic (exact) mass is 510 g/mol. The van der Waals surface area contributed by atoms with Crippen molar-refractivity contribution in [1.82, 2.24) is 0 Å². The van der Waals surface area contributed by atoms with Gasteiger partial charge in [0.2, 0.25) is 0 Å². The number of allylic oxidation sites excluding steroid dienone is 2. The molecule has 7 heteroatoms. The van der Waals surface area contributed by atoms with E-state index < -0.39 is 39.6 Å². The molecule has 0 aliphatic heterocycles. The van der Waals surface area contributed by atoms with Crippen LogP contribution in [0.1, 0.15) is 106 Å². The lowest BCUT2D eigenvalue weighted by molar-refractivity contribution is -0.179. The molecule has 1 aromatic carbocycles. The van der Waals surface area contributed by atoms with Crippen molar-refractivity contribution >= 4 is 17.7 Å². The van der Waals surface area contributed by atoms with E-state index in [1.165, 1.54) is 13.2 Å². The molecule has 1 aromatic rings. The Morgan fingerprint density at radius 3 is 2.24 bits per heavy atom. The van der Waals surface area contributed by atoms with Gasteiger partial charge in [-0.25, -0.2) is 4.79 Å². The number of rotatable bonds is 2. The first kappa shape index (κ1) is 25.8. The van der Waals surface area contributed by atoms with E-state index in [0.717, 1.165) is 44.1 Å². The topological polar surface area (TPSA) is 121 Å². The van der Waals surface area contributed by atoms with Crippen LogP contribution in [0.25, 0.3) is 0 Å². The normalized spacial score (nSPS) is 40.4. The van der Waals surface area contributed by atoms with Gasteiger partial charge in [0, 0.05) is 11.0 Å². The van der Waals surface area contributed by atoms with Gasteiger partial charge in [-0.1, -0.05) is 27.7 Å². The fourth-order valence-electron chi connectivity index (χ4n) is 8.97. The number of hydrogen-bond donors (Lipinski definition) is 3. The molecule has 0 unspecified atom stereocenters. The van der Waals surface area contributed by atoms with E-state index in [4.69, 9.17) is 4.74 Å². The molecular weight excluding hydrogens is 472 g/mol. The number of hydrogen-bond acceptors (Lipinski definition) is 6. The van der Waals surface area contributed by atoms with Gasteiger partial charge < -0.3 is 20.1 Å². The Morgan fingerprint density at radius 1 is 0.973 bits per heavy atom. The molecule has 5 rings (SSSR count). The van der Waals surface area contributed by atoms with Crippen molar-refractivity contribution in [3.63, 3.8) is 0 Å². The first-order valence-electron chi connectivity index (χ1n) is 13.3. The predicted molar refractivity (Wildman–Crippen MR) is 137 cm³/mol. The van der Waals surface area contributed by atoms with Gasteiger partial charge >= 0.3 is 11.9 Å². The SMILES string of the molecule is COC(=O)[C@]1(C)CC[C@]2(C)CC[C@]3(C)C4=CC(=O)c5c(cc(O)c(O)c5C(=O)O)[C@]4(C)CC[C@@]3(C)[C@@H]2C1. The Hall–Kier alpha value is -2.83.